The Morgan fingerprint density at radius 2 is 1.41 bits per heavy atom. The van der Waals surface area contributed by atoms with Crippen molar-refractivity contribution in [2.24, 2.45) is 0 Å². The zero-order valence-corrected chi connectivity index (χ0v) is 14.8. The lowest BCUT2D eigenvalue weighted by Gasteiger charge is -2.33. The van der Waals surface area contributed by atoms with Gasteiger partial charge >= 0.3 is 0 Å². The van der Waals surface area contributed by atoms with E-state index in [2.05, 4.69) is 0 Å². The Morgan fingerprint density at radius 1 is 0.963 bits per heavy atom. The molecule has 140 valence electrons. The number of hydrogen-bond acceptors (Lipinski definition) is 7. The van der Waals surface area contributed by atoms with E-state index < -0.39 is 27.7 Å². The lowest BCUT2D eigenvalue weighted by atomic mass is 9.92. The van der Waals surface area contributed by atoms with Crippen LogP contribution in [0, 0.1) is 20.2 Å². The van der Waals surface area contributed by atoms with Crippen LogP contribution in [0.15, 0.2) is 24.3 Å². The number of carbonyl (C=O) groups excluding carboxylic acids is 2. The number of carbonyl (C=O) groups is 2. The summed E-state index contributed by atoms with van der Waals surface area (Å²) in [5.41, 5.74) is -0.748. The first-order valence-electron chi connectivity index (χ1n) is 8.05. The minimum atomic E-state index is -0.675. The van der Waals surface area contributed by atoms with Crippen molar-refractivity contribution in [1.82, 2.24) is 9.80 Å². The number of benzene rings is 2. The summed E-state index contributed by atoms with van der Waals surface area (Å²) in [6.45, 7) is 2.05. The van der Waals surface area contributed by atoms with Gasteiger partial charge in [0.25, 0.3) is 23.2 Å². The normalized spacial score (nSPS) is 14.7. The fraction of sp³-hybridized carbons (Fsp3) is 0.294. The van der Waals surface area contributed by atoms with E-state index in [1.165, 1.54) is 0 Å². The van der Waals surface area contributed by atoms with Gasteiger partial charge in [-0.25, -0.2) is 0 Å². The van der Waals surface area contributed by atoms with Crippen LogP contribution in [-0.4, -0.2) is 58.1 Å². The van der Waals surface area contributed by atoms with Crippen LogP contribution in [0.2, 0.25) is 0 Å². The Balaban J connectivity index is 2.32. The molecule has 2 aromatic carbocycles. The zero-order chi connectivity index (χ0) is 20.0. The molecular weight excluding hydrogens is 356 g/mol. The Labute approximate surface area is 153 Å². The van der Waals surface area contributed by atoms with Gasteiger partial charge in [0.1, 0.15) is 0 Å². The summed E-state index contributed by atoms with van der Waals surface area (Å²) in [5.74, 6) is -1.30. The number of hydrogen-bond donors (Lipinski definition) is 0. The fourth-order valence-corrected chi connectivity index (χ4v) is 3.39. The van der Waals surface area contributed by atoms with Crippen molar-refractivity contribution < 1.29 is 19.4 Å². The molecule has 10 nitrogen and oxygen atoms in total. The number of nitro groups is 2. The molecule has 0 aromatic heterocycles. The average Bonchev–Trinajstić information content (AvgIpc) is 2.57. The molecule has 1 unspecified atom stereocenters. The number of likely N-dealkylation sites (N-methyl/N-ethyl adjacent to an activating group) is 1. The highest BCUT2D eigenvalue weighted by atomic mass is 16.6. The van der Waals surface area contributed by atoms with E-state index in [1.807, 2.05) is 0 Å². The van der Waals surface area contributed by atoms with E-state index >= 15 is 0 Å². The second-order valence-corrected chi connectivity index (χ2v) is 6.69. The van der Waals surface area contributed by atoms with Gasteiger partial charge < -0.3 is 4.90 Å². The summed E-state index contributed by atoms with van der Waals surface area (Å²) < 4.78 is 0. The highest BCUT2D eigenvalue weighted by Gasteiger charge is 2.38. The summed E-state index contributed by atoms with van der Waals surface area (Å²) in [4.78, 5) is 49.8. The predicted molar refractivity (Wildman–Crippen MR) is 95.8 cm³/mol. The van der Waals surface area contributed by atoms with E-state index in [1.54, 1.807) is 25.9 Å². The van der Waals surface area contributed by atoms with Crippen molar-refractivity contribution in [1.29, 1.82) is 0 Å². The largest absolute Gasteiger partial charge is 0.307 e. The van der Waals surface area contributed by atoms with Gasteiger partial charge in [-0.3, -0.25) is 34.7 Å². The standard InChI is InChI=1S/C17H16N4O6/c1-9(8-18(2)3)19-16(22)13-6-11(20(24)25)4-10-5-12(21(26)27)7-14(15(10)13)17(19)23/h4-7,9H,8H2,1-3H3. The average molecular weight is 372 g/mol. The Hall–Kier alpha value is -3.40. The summed E-state index contributed by atoms with van der Waals surface area (Å²) in [7, 11) is 3.56. The highest BCUT2D eigenvalue weighted by Crippen LogP contribution is 2.36. The molecule has 2 amide bonds. The van der Waals surface area contributed by atoms with Crippen molar-refractivity contribution in [2.75, 3.05) is 20.6 Å². The minimum Gasteiger partial charge on any atom is -0.307 e. The third-order valence-corrected chi connectivity index (χ3v) is 4.41. The van der Waals surface area contributed by atoms with Gasteiger partial charge in [-0.1, -0.05) is 0 Å². The molecule has 10 heteroatoms. The number of imide groups is 1. The number of nitro benzene ring substituents is 2. The molecule has 0 spiro atoms. The number of rotatable bonds is 5. The van der Waals surface area contributed by atoms with Crippen LogP contribution in [0.1, 0.15) is 27.6 Å². The van der Waals surface area contributed by atoms with Crippen LogP contribution in [0.25, 0.3) is 10.8 Å². The highest BCUT2D eigenvalue weighted by molar-refractivity contribution is 6.26. The molecule has 1 aliphatic heterocycles. The zero-order valence-electron chi connectivity index (χ0n) is 14.8. The summed E-state index contributed by atoms with van der Waals surface area (Å²) in [5, 5.41) is 22.8. The quantitative estimate of drug-likeness (QED) is 0.447. The van der Waals surface area contributed by atoms with E-state index in [-0.39, 0.29) is 33.3 Å². The molecule has 0 saturated carbocycles. The number of amides is 2. The van der Waals surface area contributed by atoms with Crippen LogP contribution < -0.4 is 0 Å². The van der Waals surface area contributed by atoms with E-state index in [0.29, 0.717) is 6.54 Å². The van der Waals surface area contributed by atoms with Crippen molar-refractivity contribution in [2.45, 2.75) is 13.0 Å². The monoisotopic (exact) mass is 372 g/mol. The van der Waals surface area contributed by atoms with Gasteiger partial charge in [0.2, 0.25) is 0 Å². The predicted octanol–water partition coefficient (Wildman–Crippen LogP) is 2.20. The lowest BCUT2D eigenvalue weighted by molar-refractivity contribution is -0.385. The first kappa shape index (κ1) is 18.4. The summed E-state index contributed by atoms with van der Waals surface area (Å²) in [6, 6.07) is 3.97. The van der Waals surface area contributed by atoms with Crippen LogP contribution in [0.4, 0.5) is 11.4 Å². The maximum Gasteiger partial charge on any atom is 0.270 e. The van der Waals surface area contributed by atoms with Crippen LogP contribution in [-0.2, 0) is 0 Å². The molecule has 0 radical (unpaired) electrons. The molecule has 0 fully saturated rings. The molecule has 0 bridgehead atoms. The fourth-order valence-electron chi connectivity index (χ4n) is 3.39. The lowest BCUT2D eigenvalue weighted by Crippen LogP contribution is -2.49. The Bertz CT molecular complexity index is 947. The van der Waals surface area contributed by atoms with E-state index in [9.17, 15) is 29.8 Å². The maximum atomic E-state index is 13.0. The SMILES string of the molecule is CC(CN(C)C)N1C(=O)c2cc([N+](=O)[O-])cc3cc([N+](=O)[O-])cc(c23)C1=O. The molecular formula is C17H16N4O6. The minimum absolute atomic E-state index is 0.00527. The third-order valence-electron chi connectivity index (χ3n) is 4.41. The summed E-state index contributed by atoms with van der Waals surface area (Å²) >= 11 is 0. The van der Waals surface area contributed by atoms with Crippen molar-refractivity contribution in [3.63, 3.8) is 0 Å². The van der Waals surface area contributed by atoms with Gasteiger partial charge in [0.15, 0.2) is 0 Å². The molecule has 0 N–H and O–H groups in total. The van der Waals surface area contributed by atoms with Gasteiger partial charge in [-0.05, 0) is 26.4 Å². The van der Waals surface area contributed by atoms with Crippen LogP contribution in [0.3, 0.4) is 0 Å². The molecule has 0 saturated heterocycles. The van der Waals surface area contributed by atoms with E-state index in [4.69, 9.17) is 0 Å². The first-order valence-corrected chi connectivity index (χ1v) is 8.05. The molecule has 1 aliphatic rings. The van der Waals surface area contributed by atoms with Gasteiger partial charge in [0.05, 0.1) is 27.0 Å². The number of non-ortho nitro benzene ring substituents is 2. The van der Waals surface area contributed by atoms with Crippen molar-refractivity contribution in [3.05, 3.63) is 55.6 Å². The van der Waals surface area contributed by atoms with Crippen molar-refractivity contribution in [3.8, 4) is 0 Å². The molecule has 3 rings (SSSR count). The Morgan fingerprint density at radius 3 is 1.78 bits per heavy atom. The first-order chi connectivity index (χ1) is 12.6. The molecule has 1 heterocycles. The second kappa shape index (κ2) is 6.40. The summed E-state index contributed by atoms with van der Waals surface area (Å²) in [6.07, 6.45) is 0. The van der Waals surface area contributed by atoms with Gasteiger partial charge in [-0.15, -0.1) is 0 Å². The Kier molecular flexibility index (Phi) is 4.36. The molecule has 1 atom stereocenters. The van der Waals surface area contributed by atoms with Gasteiger partial charge in [0, 0.05) is 36.2 Å². The van der Waals surface area contributed by atoms with Crippen LogP contribution in [0.5, 0.6) is 0 Å². The third kappa shape index (κ3) is 2.99. The van der Waals surface area contributed by atoms with Gasteiger partial charge in [-0.2, -0.15) is 0 Å². The smallest absolute Gasteiger partial charge is 0.270 e. The van der Waals surface area contributed by atoms with Crippen molar-refractivity contribution >= 4 is 34.0 Å². The molecule has 0 aliphatic carbocycles. The van der Waals surface area contributed by atoms with E-state index in [0.717, 1.165) is 29.2 Å². The van der Waals surface area contributed by atoms with Crippen LogP contribution >= 0.6 is 0 Å². The topological polar surface area (TPSA) is 127 Å². The number of nitrogens with zero attached hydrogens (tertiary/aromatic N) is 4. The second-order valence-electron chi connectivity index (χ2n) is 6.69. The molecule has 27 heavy (non-hydrogen) atoms. The molecule has 2 aromatic rings. The maximum absolute atomic E-state index is 13.0.